The van der Waals surface area contributed by atoms with Crippen molar-refractivity contribution in [2.45, 2.75) is 44.6 Å². The van der Waals surface area contributed by atoms with Gasteiger partial charge in [0, 0.05) is 63.1 Å². The molecule has 5 heterocycles. The minimum absolute atomic E-state index is 0.0554. The van der Waals surface area contributed by atoms with Gasteiger partial charge in [-0.1, -0.05) is 12.1 Å². The summed E-state index contributed by atoms with van der Waals surface area (Å²) in [7, 11) is 1.74. The molecule has 0 unspecified atom stereocenters. The van der Waals surface area contributed by atoms with Gasteiger partial charge in [0.2, 0.25) is 0 Å². The van der Waals surface area contributed by atoms with Crippen LogP contribution in [0.4, 0.5) is 8.78 Å². The molecule has 0 aliphatic carbocycles. The number of rotatable bonds is 9. The van der Waals surface area contributed by atoms with Gasteiger partial charge in [0.05, 0.1) is 30.5 Å². The SMILES string of the molecule is Cn1c(=O)n(C2CCOCC2)c2c3cc(-c4ccc(COCCN5CC[C@H](OC(F)F)C5)nc4)ccc3nnc21. The third-order valence-corrected chi connectivity index (χ3v) is 7.81. The Kier molecular flexibility index (Phi) is 7.83. The summed E-state index contributed by atoms with van der Waals surface area (Å²) in [6, 6.07) is 9.95. The number of hydrogen-bond donors (Lipinski definition) is 0. The van der Waals surface area contributed by atoms with Crippen molar-refractivity contribution in [1.29, 1.82) is 0 Å². The quantitative estimate of drug-likeness (QED) is 0.290. The molecular formula is C28H32F2N6O4. The van der Waals surface area contributed by atoms with E-state index in [1.54, 1.807) is 11.6 Å². The maximum absolute atomic E-state index is 13.2. The van der Waals surface area contributed by atoms with Gasteiger partial charge >= 0.3 is 12.3 Å². The topological polar surface area (TPSA) is 96.5 Å². The zero-order chi connectivity index (χ0) is 27.6. The molecule has 4 aromatic rings. The summed E-state index contributed by atoms with van der Waals surface area (Å²) in [5, 5.41) is 9.63. The highest BCUT2D eigenvalue weighted by Gasteiger charge is 2.26. The van der Waals surface area contributed by atoms with E-state index in [0.29, 0.717) is 51.6 Å². The number of aryl methyl sites for hydroxylation is 1. The first-order valence-electron chi connectivity index (χ1n) is 13.6. The van der Waals surface area contributed by atoms with Crippen LogP contribution in [0, 0.1) is 0 Å². The molecule has 0 saturated carbocycles. The highest BCUT2D eigenvalue weighted by atomic mass is 19.3. The zero-order valence-electron chi connectivity index (χ0n) is 22.3. The van der Waals surface area contributed by atoms with E-state index >= 15 is 0 Å². The predicted octanol–water partition coefficient (Wildman–Crippen LogP) is 3.53. The molecule has 2 saturated heterocycles. The highest BCUT2D eigenvalue weighted by Crippen LogP contribution is 2.31. The Labute approximate surface area is 229 Å². The molecule has 3 aromatic heterocycles. The van der Waals surface area contributed by atoms with Crippen LogP contribution in [0.1, 0.15) is 31.0 Å². The van der Waals surface area contributed by atoms with E-state index in [2.05, 4.69) is 30.9 Å². The molecule has 0 N–H and O–H groups in total. The summed E-state index contributed by atoms with van der Waals surface area (Å²) in [5.41, 5.74) is 4.71. The molecule has 212 valence electrons. The zero-order valence-corrected chi connectivity index (χ0v) is 22.3. The van der Waals surface area contributed by atoms with E-state index < -0.39 is 12.7 Å². The van der Waals surface area contributed by atoms with E-state index in [-0.39, 0.29) is 11.7 Å². The summed E-state index contributed by atoms with van der Waals surface area (Å²) < 4.78 is 44.1. The number of likely N-dealkylation sites (tertiary alicyclic amines) is 1. The number of alkyl halides is 2. The van der Waals surface area contributed by atoms with Crippen molar-refractivity contribution < 1.29 is 23.0 Å². The van der Waals surface area contributed by atoms with Crippen molar-refractivity contribution in [3.8, 4) is 11.1 Å². The van der Waals surface area contributed by atoms with Gasteiger partial charge in [0.15, 0.2) is 5.65 Å². The molecule has 0 amide bonds. The average molecular weight is 555 g/mol. The van der Waals surface area contributed by atoms with Gasteiger partial charge in [-0.05, 0) is 43.0 Å². The lowest BCUT2D eigenvalue weighted by Crippen LogP contribution is -2.29. The first-order valence-corrected chi connectivity index (χ1v) is 13.6. The second-order valence-corrected chi connectivity index (χ2v) is 10.4. The predicted molar refractivity (Wildman–Crippen MR) is 144 cm³/mol. The Morgan fingerprint density at radius 3 is 2.70 bits per heavy atom. The van der Waals surface area contributed by atoms with Crippen LogP contribution in [0.3, 0.4) is 0 Å². The average Bonchev–Trinajstić information content (AvgIpc) is 3.52. The lowest BCUT2D eigenvalue weighted by Gasteiger charge is -2.23. The number of halogens is 2. The molecule has 2 fully saturated rings. The molecular weight excluding hydrogens is 522 g/mol. The Hall–Kier alpha value is -3.32. The molecule has 0 radical (unpaired) electrons. The molecule has 0 bridgehead atoms. The van der Waals surface area contributed by atoms with Crippen molar-refractivity contribution in [3.63, 3.8) is 0 Å². The van der Waals surface area contributed by atoms with Crippen LogP contribution in [-0.2, 0) is 27.9 Å². The van der Waals surface area contributed by atoms with Crippen LogP contribution < -0.4 is 5.69 Å². The summed E-state index contributed by atoms with van der Waals surface area (Å²) >= 11 is 0. The fourth-order valence-electron chi connectivity index (χ4n) is 5.66. The summed E-state index contributed by atoms with van der Waals surface area (Å²) in [6.07, 6.45) is 3.57. The number of pyridine rings is 1. The first kappa shape index (κ1) is 26.9. The molecule has 6 rings (SSSR count). The summed E-state index contributed by atoms with van der Waals surface area (Å²) in [6.45, 7) is 1.27. The lowest BCUT2D eigenvalue weighted by molar-refractivity contribution is -0.158. The molecule has 40 heavy (non-hydrogen) atoms. The van der Waals surface area contributed by atoms with Gasteiger partial charge in [-0.25, -0.2) is 4.79 Å². The van der Waals surface area contributed by atoms with E-state index in [4.69, 9.17) is 9.47 Å². The van der Waals surface area contributed by atoms with Gasteiger partial charge < -0.3 is 14.2 Å². The van der Waals surface area contributed by atoms with Crippen molar-refractivity contribution in [2.75, 3.05) is 39.5 Å². The van der Waals surface area contributed by atoms with Crippen molar-refractivity contribution >= 4 is 22.1 Å². The lowest BCUT2D eigenvalue weighted by atomic mass is 10.0. The van der Waals surface area contributed by atoms with Crippen LogP contribution in [0.2, 0.25) is 0 Å². The second kappa shape index (κ2) is 11.7. The highest BCUT2D eigenvalue weighted by molar-refractivity contribution is 6.02. The molecule has 2 aliphatic rings. The molecule has 10 nitrogen and oxygen atoms in total. The Morgan fingerprint density at radius 2 is 1.93 bits per heavy atom. The minimum Gasteiger partial charge on any atom is -0.381 e. The van der Waals surface area contributed by atoms with E-state index in [1.807, 2.05) is 35.0 Å². The second-order valence-electron chi connectivity index (χ2n) is 10.4. The third kappa shape index (κ3) is 5.49. The molecule has 2 aliphatic heterocycles. The number of fused-ring (bicyclic) bond motifs is 3. The van der Waals surface area contributed by atoms with Gasteiger partial charge in [0.1, 0.15) is 5.52 Å². The molecule has 1 atom stereocenters. The summed E-state index contributed by atoms with van der Waals surface area (Å²) in [5.74, 6) is 0. The van der Waals surface area contributed by atoms with Gasteiger partial charge in [-0.15, -0.1) is 10.2 Å². The largest absolute Gasteiger partial charge is 0.381 e. The van der Waals surface area contributed by atoms with Crippen LogP contribution in [0.15, 0.2) is 41.3 Å². The van der Waals surface area contributed by atoms with Crippen LogP contribution in [0.5, 0.6) is 0 Å². The normalized spacial score (nSPS) is 18.9. The number of imidazole rings is 1. The first-order chi connectivity index (χ1) is 19.5. The Morgan fingerprint density at radius 1 is 1.10 bits per heavy atom. The summed E-state index contributed by atoms with van der Waals surface area (Å²) in [4.78, 5) is 19.9. The Balaban J connectivity index is 1.16. The number of aromatic nitrogens is 5. The minimum atomic E-state index is -2.72. The van der Waals surface area contributed by atoms with Gasteiger partial charge in [-0.2, -0.15) is 8.78 Å². The maximum atomic E-state index is 13.2. The molecule has 1 aromatic carbocycles. The van der Waals surface area contributed by atoms with Crippen molar-refractivity contribution in [2.24, 2.45) is 7.05 Å². The smallest absolute Gasteiger partial charge is 0.345 e. The monoisotopic (exact) mass is 554 g/mol. The van der Waals surface area contributed by atoms with Crippen molar-refractivity contribution in [3.05, 3.63) is 52.7 Å². The van der Waals surface area contributed by atoms with E-state index in [0.717, 1.165) is 52.6 Å². The number of ether oxygens (including phenoxy) is 3. The van der Waals surface area contributed by atoms with Crippen LogP contribution >= 0.6 is 0 Å². The van der Waals surface area contributed by atoms with Gasteiger partial charge in [0.25, 0.3) is 0 Å². The number of benzene rings is 1. The standard InChI is InChI=1S/C28H32F2N6O4/c1-34-26-25(36(28(34)37)21-7-11-38-12-8-21)23-14-18(3-5-24(23)32-33-26)19-2-4-20(31-15-19)17-39-13-10-35-9-6-22(16-35)40-27(29)30/h2-5,14-15,21-22,27H,6-13,16-17H2,1H3/t22-/m0/s1. The van der Waals surface area contributed by atoms with Crippen LogP contribution in [-0.4, -0.2) is 81.4 Å². The number of hydrogen-bond acceptors (Lipinski definition) is 8. The third-order valence-electron chi connectivity index (χ3n) is 7.81. The molecule has 12 heteroatoms. The number of nitrogens with zero attached hydrogens (tertiary/aromatic N) is 6. The fourth-order valence-corrected chi connectivity index (χ4v) is 5.66. The Bertz CT molecular complexity index is 1530. The van der Waals surface area contributed by atoms with Crippen LogP contribution in [0.25, 0.3) is 33.2 Å². The maximum Gasteiger partial charge on any atom is 0.345 e. The molecule has 0 spiro atoms. The fraction of sp³-hybridized carbons (Fsp3) is 0.500. The van der Waals surface area contributed by atoms with E-state index in [9.17, 15) is 13.6 Å². The van der Waals surface area contributed by atoms with Crippen molar-refractivity contribution in [1.82, 2.24) is 29.2 Å². The van der Waals surface area contributed by atoms with E-state index in [1.165, 1.54) is 0 Å². The van der Waals surface area contributed by atoms with Gasteiger partial charge in [-0.3, -0.25) is 19.0 Å².